The minimum Gasteiger partial charge on any atom is -0.486 e. The van der Waals surface area contributed by atoms with Crippen molar-refractivity contribution in [3.05, 3.63) is 88.4 Å². The monoisotopic (exact) mass is 685 g/mol. The molecule has 1 heterocycles. The van der Waals surface area contributed by atoms with E-state index in [2.05, 4.69) is 28.2 Å². The Hall–Kier alpha value is -3.57. The average molecular weight is 687 g/mol. The molecule has 44 heavy (non-hydrogen) atoms. The van der Waals surface area contributed by atoms with Gasteiger partial charge in [-0.2, -0.15) is 0 Å². The number of fused-ring (bicyclic) bond motifs is 1. The molecule has 0 aliphatic carbocycles. The van der Waals surface area contributed by atoms with Crippen molar-refractivity contribution >= 4 is 43.5 Å². The van der Waals surface area contributed by atoms with E-state index < -0.39 is 16.1 Å². The third kappa shape index (κ3) is 9.46. The molecule has 1 atom stereocenters. The van der Waals surface area contributed by atoms with E-state index in [1.54, 1.807) is 23.1 Å². The highest BCUT2D eigenvalue weighted by molar-refractivity contribution is 9.10. The predicted octanol–water partition coefficient (Wildman–Crippen LogP) is 5.32. The van der Waals surface area contributed by atoms with Crippen molar-refractivity contribution in [3.8, 4) is 11.5 Å². The number of nitrogens with zero attached hydrogens (tertiary/aromatic N) is 2. The molecule has 0 aromatic heterocycles. The summed E-state index contributed by atoms with van der Waals surface area (Å²) in [5, 5.41) is 3.03. The molecule has 1 aliphatic heterocycles. The van der Waals surface area contributed by atoms with Crippen LogP contribution >= 0.6 is 15.9 Å². The summed E-state index contributed by atoms with van der Waals surface area (Å²) in [6.07, 6.45) is 3.57. The van der Waals surface area contributed by atoms with Crippen molar-refractivity contribution in [2.45, 2.75) is 51.6 Å². The summed E-state index contributed by atoms with van der Waals surface area (Å²) in [5.74, 6) is 0.608. The van der Waals surface area contributed by atoms with E-state index in [1.165, 1.54) is 4.31 Å². The second kappa shape index (κ2) is 15.9. The Kier molecular flexibility index (Phi) is 12.1. The minimum atomic E-state index is -3.66. The van der Waals surface area contributed by atoms with E-state index in [1.807, 2.05) is 54.6 Å². The lowest BCUT2D eigenvalue weighted by molar-refractivity contribution is -0.141. The van der Waals surface area contributed by atoms with Crippen LogP contribution in [0.5, 0.6) is 11.5 Å². The highest BCUT2D eigenvalue weighted by Gasteiger charge is 2.30. The number of ether oxygens (including phenoxy) is 2. The van der Waals surface area contributed by atoms with Crippen molar-refractivity contribution in [1.29, 1.82) is 0 Å². The van der Waals surface area contributed by atoms with E-state index in [4.69, 9.17) is 9.47 Å². The molecule has 0 saturated heterocycles. The molecule has 9 nitrogen and oxygen atoms in total. The molecule has 0 fully saturated rings. The molecule has 1 aliphatic rings. The lowest BCUT2D eigenvalue weighted by Gasteiger charge is -2.32. The van der Waals surface area contributed by atoms with Gasteiger partial charge < -0.3 is 19.7 Å². The average Bonchev–Trinajstić information content (AvgIpc) is 3.00. The number of nitrogens with one attached hydrogen (secondary N) is 1. The summed E-state index contributed by atoms with van der Waals surface area (Å²) >= 11 is 3.51. The molecule has 3 aromatic rings. The fourth-order valence-corrected chi connectivity index (χ4v) is 6.49. The van der Waals surface area contributed by atoms with E-state index in [0.29, 0.717) is 43.4 Å². The maximum atomic E-state index is 14.0. The Morgan fingerprint density at radius 2 is 1.66 bits per heavy atom. The van der Waals surface area contributed by atoms with Gasteiger partial charge in [0.25, 0.3) is 0 Å². The van der Waals surface area contributed by atoms with Gasteiger partial charge in [-0.3, -0.25) is 13.9 Å². The van der Waals surface area contributed by atoms with Gasteiger partial charge in [-0.1, -0.05) is 71.7 Å². The number of anilines is 1. The molecule has 0 unspecified atom stereocenters. The standard InChI is InChI=1S/C33H40BrN3O6S/c1-3-4-17-35-33(39)29(22-25-10-6-5-7-11-25)36(24-26-12-8-13-27(34)21-26)32(38)14-9-18-37(44(2,40)41)28-15-16-30-31(23-28)43-20-19-42-30/h5-8,10-13,15-16,21,23,29H,3-4,9,14,17-20,22,24H2,1-2H3,(H,35,39)/t29-/m1/s1. The van der Waals surface area contributed by atoms with Crippen LogP contribution in [0.25, 0.3) is 0 Å². The first-order valence-corrected chi connectivity index (χ1v) is 17.5. The highest BCUT2D eigenvalue weighted by atomic mass is 79.9. The number of carbonyl (C=O) groups is 2. The van der Waals surface area contributed by atoms with Gasteiger partial charge in [0.1, 0.15) is 19.3 Å². The van der Waals surface area contributed by atoms with Crippen molar-refractivity contribution in [3.63, 3.8) is 0 Å². The first kappa shape index (κ1) is 33.3. The lowest BCUT2D eigenvalue weighted by atomic mass is 10.0. The Morgan fingerprint density at radius 1 is 0.932 bits per heavy atom. The van der Waals surface area contributed by atoms with Gasteiger partial charge in [-0.25, -0.2) is 8.42 Å². The molecule has 0 saturated carbocycles. The van der Waals surface area contributed by atoms with Crippen molar-refractivity contribution in [2.24, 2.45) is 0 Å². The molecule has 4 rings (SSSR count). The first-order chi connectivity index (χ1) is 21.2. The summed E-state index contributed by atoms with van der Waals surface area (Å²) in [4.78, 5) is 29.2. The van der Waals surface area contributed by atoms with Gasteiger partial charge in [0.05, 0.1) is 11.9 Å². The zero-order chi connectivity index (χ0) is 31.5. The minimum absolute atomic E-state index is 0.0537. The van der Waals surface area contributed by atoms with Crippen LogP contribution in [0.15, 0.2) is 77.3 Å². The molecular weight excluding hydrogens is 646 g/mol. The number of sulfonamides is 1. The van der Waals surface area contributed by atoms with Gasteiger partial charge in [0, 0.05) is 43.0 Å². The van der Waals surface area contributed by atoms with Gasteiger partial charge in [-0.05, 0) is 48.2 Å². The third-order valence-electron chi connectivity index (χ3n) is 7.31. The molecule has 1 N–H and O–H groups in total. The van der Waals surface area contributed by atoms with Gasteiger partial charge >= 0.3 is 0 Å². The fourth-order valence-electron chi connectivity index (χ4n) is 5.08. The van der Waals surface area contributed by atoms with Crippen LogP contribution in [0, 0.1) is 0 Å². The second-order valence-corrected chi connectivity index (χ2v) is 13.6. The normalized spacial score (nSPS) is 13.2. The van der Waals surface area contributed by atoms with Crippen molar-refractivity contribution in [1.82, 2.24) is 10.2 Å². The van der Waals surface area contributed by atoms with E-state index in [0.717, 1.165) is 34.7 Å². The number of benzene rings is 3. The fraction of sp³-hybridized carbons (Fsp3) is 0.394. The van der Waals surface area contributed by atoms with E-state index in [9.17, 15) is 18.0 Å². The topological polar surface area (TPSA) is 105 Å². The number of amides is 2. The largest absolute Gasteiger partial charge is 0.486 e. The summed E-state index contributed by atoms with van der Waals surface area (Å²) in [6.45, 7) is 3.71. The molecule has 3 aromatic carbocycles. The SMILES string of the molecule is CCCCNC(=O)[C@@H](Cc1ccccc1)N(Cc1cccc(Br)c1)C(=O)CCCN(c1ccc2c(c1)OCCO2)S(C)(=O)=O. The van der Waals surface area contributed by atoms with Crippen LogP contribution in [0.2, 0.25) is 0 Å². The smallest absolute Gasteiger partial charge is 0.243 e. The van der Waals surface area contributed by atoms with Crippen LogP contribution < -0.4 is 19.1 Å². The molecular formula is C33H40BrN3O6S. The maximum absolute atomic E-state index is 14.0. The second-order valence-electron chi connectivity index (χ2n) is 10.8. The number of rotatable bonds is 15. The van der Waals surface area contributed by atoms with Gasteiger partial charge in [-0.15, -0.1) is 0 Å². The van der Waals surface area contributed by atoms with Crippen LogP contribution in [-0.2, 0) is 32.6 Å². The van der Waals surface area contributed by atoms with Crippen LogP contribution in [0.1, 0.15) is 43.7 Å². The van der Waals surface area contributed by atoms with Crippen molar-refractivity contribution < 1.29 is 27.5 Å². The summed E-state index contributed by atoms with van der Waals surface area (Å²) < 4.78 is 39.0. The Morgan fingerprint density at radius 3 is 2.36 bits per heavy atom. The number of hydrogen-bond donors (Lipinski definition) is 1. The number of halogens is 1. The summed E-state index contributed by atoms with van der Waals surface area (Å²) in [5.41, 5.74) is 2.26. The van der Waals surface area contributed by atoms with Crippen LogP contribution in [0.3, 0.4) is 0 Å². The molecule has 0 radical (unpaired) electrons. The van der Waals surface area contributed by atoms with Crippen LogP contribution in [-0.4, -0.2) is 63.7 Å². The zero-order valence-corrected chi connectivity index (χ0v) is 27.6. The number of carbonyl (C=O) groups excluding carboxylic acids is 2. The lowest BCUT2D eigenvalue weighted by Crippen LogP contribution is -2.50. The zero-order valence-electron chi connectivity index (χ0n) is 25.2. The Balaban J connectivity index is 1.56. The maximum Gasteiger partial charge on any atom is 0.243 e. The predicted molar refractivity (Wildman–Crippen MR) is 175 cm³/mol. The number of hydrogen-bond acceptors (Lipinski definition) is 6. The van der Waals surface area contributed by atoms with Gasteiger partial charge in [0.2, 0.25) is 21.8 Å². The van der Waals surface area contributed by atoms with Crippen LogP contribution in [0.4, 0.5) is 5.69 Å². The van der Waals surface area contributed by atoms with Crippen molar-refractivity contribution in [2.75, 3.05) is 36.9 Å². The molecule has 11 heteroatoms. The molecule has 0 bridgehead atoms. The molecule has 236 valence electrons. The van der Waals surface area contributed by atoms with Gasteiger partial charge in [0.15, 0.2) is 11.5 Å². The highest BCUT2D eigenvalue weighted by Crippen LogP contribution is 2.35. The van der Waals surface area contributed by atoms with E-state index in [-0.39, 0.29) is 37.7 Å². The molecule has 0 spiro atoms. The third-order valence-corrected chi connectivity index (χ3v) is 9.00. The number of unbranched alkanes of at least 4 members (excludes halogenated alkanes) is 1. The first-order valence-electron chi connectivity index (χ1n) is 14.9. The Bertz CT molecular complexity index is 1520. The molecule has 2 amide bonds. The quantitative estimate of drug-likeness (QED) is 0.217. The Labute approximate surface area is 268 Å². The summed E-state index contributed by atoms with van der Waals surface area (Å²) in [7, 11) is -3.66. The summed E-state index contributed by atoms with van der Waals surface area (Å²) in [6, 6.07) is 21.6. The van der Waals surface area contributed by atoms with E-state index >= 15 is 0 Å².